The molecule has 0 unspecified atom stereocenters. The highest BCUT2D eigenvalue weighted by Gasteiger charge is 1.98. The Kier molecular flexibility index (Phi) is 3.77. The van der Waals surface area contributed by atoms with Gasteiger partial charge in [0.2, 0.25) is 5.88 Å². The summed E-state index contributed by atoms with van der Waals surface area (Å²) >= 11 is 0. The van der Waals surface area contributed by atoms with E-state index in [1.54, 1.807) is 19.2 Å². The molecule has 0 bridgehead atoms. The normalized spacial score (nSPS) is 9.56. The number of nitrogens with zero attached hydrogens (tertiary/aromatic N) is 2. The Labute approximate surface area is 106 Å². The fourth-order valence-corrected chi connectivity index (χ4v) is 1.57. The van der Waals surface area contributed by atoms with Gasteiger partial charge in [-0.2, -0.15) is 10.2 Å². The third-order valence-corrected chi connectivity index (χ3v) is 2.46. The van der Waals surface area contributed by atoms with Gasteiger partial charge in [0.25, 0.3) is 0 Å². The highest BCUT2D eigenvalue weighted by Crippen LogP contribution is 2.12. The fourth-order valence-electron chi connectivity index (χ4n) is 1.57. The zero-order chi connectivity index (χ0) is 12.8. The summed E-state index contributed by atoms with van der Waals surface area (Å²) in [4.78, 5) is 4.25. The molecule has 4 heteroatoms. The highest BCUT2D eigenvalue weighted by atomic mass is 16.5. The molecule has 2 rings (SSSR count). The van der Waals surface area contributed by atoms with Crippen molar-refractivity contribution in [3.05, 3.63) is 53.6 Å². The lowest BCUT2D eigenvalue weighted by molar-refractivity contribution is 0.398. The lowest BCUT2D eigenvalue weighted by Gasteiger charge is -2.07. The first-order valence-electron chi connectivity index (χ1n) is 5.56. The van der Waals surface area contributed by atoms with Gasteiger partial charge in [0.1, 0.15) is 5.82 Å². The lowest BCUT2D eigenvalue weighted by Crippen LogP contribution is -2.02. The number of benzene rings is 1. The van der Waals surface area contributed by atoms with Crippen LogP contribution in [-0.2, 0) is 6.54 Å². The second-order valence-corrected chi connectivity index (χ2v) is 3.73. The van der Waals surface area contributed by atoms with Crippen LogP contribution in [0.4, 0.5) is 5.82 Å². The molecule has 2 aromatic rings. The Morgan fingerprint density at radius 3 is 2.89 bits per heavy atom. The van der Waals surface area contributed by atoms with Gasteiger partial charge in [-0.1, -0.05) is 18.2 Å². The summed E-state index contributed by atoms with van der Waals surface area (Å²) in [5.41, 5.74) is 1.70. The Morgan fingerprint density at radius 1 is 1.28 bits per heavy atom. The maximum absolute atomic E-state index is 8.82. The van der Waals surface area contributed by atoms with Crippen LogP contribution in [0.2, 0.25) is 0 Å². The quantitative estimate of drug-likeness (QED) is 0.890. The topological polar surface area (TPSA) is 57.9 Å². The van der Waals surface area contributed by atoms with Crippen LogP contribution in [0, 0.1) is 11.3 Å². The van der Waals surface area contributed by atoms with Crippen molar-refractivity contribution in [3.8, 4) is 11.9 Å². The number of ether oxygens (including phenoxy) is 1. The molecule has 18 heavy (non-hydrogen) atoms. The minimum atomic E-state index is 0.575. The molecule has 0 radical (unpaired) electrons. The third-order valence-electron chi connectivity index (χ3n) is 2.46. The summed E-state index contributed by atoms with van der Waals surface area (Å²) in [5.74, 6) is 1.32. The van der Waals surface area contributed by atoms with Crippen LogP contribution in [0.15, 0.2) is 42.5 Å². The van der Waals surface area contributed by atoms with E-state index in [0.29, 0.717) is 18.0 Å². The van der Waals surface area contributed by atoms with Gasteiger partial charge in [-0.05, 0) is 23.8 Å². The molecule has 90 valence electrons. The molecule has 0 aliphatic rings. The van der Waals surface area contributed by atoms with E-state index in [4.69, 9.17) is 10.00 Å². The van der Waals surface area contributed by atoms with Gasteiger partial charge in [0.05, 0.1) is 18.7 Å². The minimum absolute atomic E-state index is 0.575. The van der Waals surface area contributed by atoms with E-state index in [9.17, 15) is 0 Å². The van der Waals surface area contributed by atoms with Crippen LogP contribution >= 0.6 is 0 Å². The monoisotopic (exact) mass is 239 g/mol. The van der Waals surface area contributed by atoms with Crippen molar-refractivity contribution >= 4 is 5.82 Å². The minimum Gasteiger partial charge on any atom is -0.481 e. The zero-order valence-electron chi connectivity index (χ0n) is 10.1. The summed E-state index contributed by atoms with van der Waals surface area (Å²) < 4.78 is 5.05. The van der Waals surface area contributed by atoms with E-state index in [0.717, 1.165) is 11.4 Å². The molecule has 1 aromatic carbocycles. The van der Waals surface area contributed by atoms with E-state index in [2.05, 4.69) is 16.4 Å². The van der Waals surface area contributed by atoms with Crippen molar-refractivity contribution in [3.63, 3.8) is 0 Å². The molecule has 0 saturated carbocycles. The molecule has 0 saturated heterocycles. The first-order chi connectivity index (χ1) is 8.81. The molecule has 1 heterocycles. The second-order valence-electron chi connectivity index (χ2n) is 3.73. The standard InChI is InChI=1S/C14H13N3O/c1-18-14-7-3-6-13(17-14)16-10-12-5-2-4-11(8-12)9-15/h2-8H,10H2,1H3,(H,16,17). The SMILES string of the molecule is COc1cccc(NCc2cccc(C#N)c2)n1. The van der Waals surface area contributed by atoms with Crippen LogP contribution in [0.25, 0.3) is 0 Å². The van der Waals surface area contributed by atoms with Gasteiger partial charge < -0.3 is 10.1 Å². The summed E-state index contributed by atoms with van der Waals surface area (Å²) in [6.07, 6.45) is 0. The Hall–Kier alpha value is -2.54. The average Bonchev–Trinajstić information content (AvgIpc) is 2.45. The van der Waals surface area contributed by atoms with Gasteiger partial charge in [-0.3, -0.25) is 0 Å². The van der Waals surface area contributed by atoms with Crippen molar-refractivity contribution in [2.24, 2.45) is 0 Å². The van der Waals surface area contributed by atoms with Crippen molar-refractivity contribution in [1.29, 1.82) is 5.26 Å². The molecular weight excluding hydrogens is 226 g/mol. The summed E-state index contributed by atoms with van der Waals surface area (Å²) in [7, 11) is 1.59. The van der Waals surface area contributed by atoms with Gasteiger partial charge in [0.15, 0.2) is 0 Å². The zero-order valence-corrected chi connectivity index (χ0v) is 10.1. The van der Waals surface area contributed by atoms with Crippen LogP contribution in [-0.4, -0.2) is 12.1 Å². The van der Waals surface area contributed by atoms with Gasteiger partial charge in [0, 0.05) is 12.6 Å². The van der Waals surface area contributed by atoms with Crippen LogP contribution in [0.1, 0.15) is 11.1 Å². The predicted octanol–water partition coefficient (Wildman–Crippen LogP) is 2.57. The van der Waals surface area contributed by atoms with E-state index >= 15 is 0 Å². The Bertz CT molecular complexity index is 575. The molecule has 4 nitrogen and oxygen atoms in total. The predicted molar refractivity (Wildman–Crippen MR) is 69.3 cm³/mol. The molecule has 0 aliphatic heterocycles. The molecular formula is C14H13N3O. The van der Waals surface area contributed by atoms with E-state index < -0.39 is 0 Å². The second kappa shape index (κ2) is 5.69. The Morgan fingerprint density at radius 2 is 2.11 bits per heavy atom. The summed E-state index contributed by atoms with van der Waals surface area (Å²) in [6, 6.07) is 15.1. The van der Waals surface area contributed by atoms with E-state index in [1.165, 1.54) is 0 Å². The molecule has 1 aromatic heterocycles. The first-order valence-corrected chi connectivity index (χ1v) is 5.56. The van der Waals surface area contributed by atoms with E-state index in [1.807, 2.05) is 30.3 Å². The highest BCUT2D eigenvalue weighted by molar-refractivity contribution is 5.39. The van der Waals surface area contributed by atoms with Crippen LogP contribution < -0.4 is 10.1 Å². The number of nitriles is 1. The van der Waals surface area contributed by atoms with Crippen LogP contribution in [0.5, 0.6) is 5.88 Å². The number of rotatable bonds is 4. The van der Waals surface area contributed by atoms with Crippen LogP contribution in [0.3, 0.4) is 0 Å². The smallest absolute Gasteiger partial charge is 0.214 e. The maximum atomic E-state index is 8.82. The number of methoxy groups -OCH3 is 1. The summed E-state index contributed by atoms with van der Waals surface area (Å²) in [6.45, 7) is 0.621. The maximum Gasteiger partial charge on any atom is 0.214 e. The largest absolute Gasteiger partial charge is 0.481 e. The number of hydrogen-bond donors (Lipinski definition) is 1. The van der Waals surface area contributed by atoms with Crippen molar-refractivity contribution in [2.45, 2.75) is 6.54 Å². The first kappa shape index (κ1) is 11.9. The summed E-state index contributed by atoms with van der Waals surface area (Å²) in [5, 5.41) is 12.0. The van der Waals surface area contributed by atoms with E-state index in [-0.39, 0.29) is 0 Å². The molecule has 0 amide bonds. The molecule has 0 aliphatic carbocycles. The molecule has 0 atom stereocenters. The molecule has 0 fully saturated rings. The fraction of sp³-hybridized carbons (Fsp3) is 0.143. The number of anilines is 1. The number of aromatic nitrogens is 1. The van der Waals surface area contributed by atoms with Gasteiger partial charge in [-0.15, -0.1) is 0 Å². The van der Waals surface area contributed by atoms with Crippen molar-refractivity contribution in [1.82, 2.24) is 4.98 Å². The number of nitrogens with one attached hydrogen (secondary N) is 1. The van der Waals surface area contributed by atoms with Gasteiger partial charge >= 0.3 is 0 Å². The molecule has 1 N–H and O–H groups in total. The molecule has 0 spiro atoms. The lowest BCUT2D eigenvalue weighted by atomic mass is 10.1. The number of pyridine rings is 1. The van der Waals surface area contributed by atoms with Gasteiger partial charge in [-0.25, -0.2) is 0 Å². The number of hydrogen-bond acceptors (Lipinski definition) is 4. The van der Waals surface area contributed by atoms with Crippen molar-refractivity contribution < 1.29 is 4.74 Å². The third kappa shape index (κ3) is 2.98. The average molecular weight is 239 g/mol. The van der Waals surface area contributed by atoms with Crippen molar-refractivity contribution in [2.75, 3.05) is 12.4 Å². The Balaban J connectivity index is 2.04.